The average molecular weight is 169 g/mol. The van der Waals surface area contributed by atoms with Gasteiger partial charge in [-0.15, -0.1) is 0 Å². The van der Waals surface area contributed by atoms with Crippen molar-refractivity contribution in [2.24, 2.45) is 0 Å². The summed E-state index contributed by atoms with van der Waals surface area (Å²) in [4.78, 5) is 0. The van der Waals surface area contributed by atoms with Crippen molar-refractivity contribution in [1.29, 1.82) is 0 Å². The maximum atomic E-state index is 2.18. The minimum absolute atomic E-state index is 0.113. The Balaban J connectivity index is 2.99. The number of hydrogen-bond acceptors (Lipinski definition) is 3. The molecule has 0 N–H and O–H groups in total. The molecule has 0 aromatic rings. The Labute approximate surface area is 58.7 Å². The molecule has 0 heterocycles. The second-order valence-corrected chi connectivity index (χ2v) is 12.3. The molecule has 0 aliphatic heterocycles. The van der Waals surface area contributed by atoms with Crippen LogP contribution >= 0.6 is 33.6 Å². The normalized spacial score (nSPS) is 10.3. The Bertz CT molecular complexity index is 31.7. The van der Waals surface area contributed by atoms with E-state index in [1.54, 1.807) is 0 Å². The Morgan fingerprint density at radius 3 is 1.14 bits per heavy atom. The number of rotatable bonds is 3. The van der Waals surface area contributed by atoms with Crippen molar-refractivity contribution in [1.82, 2.24) is 0 Å². The molecule has 0 aromatic heterocycles. The SMILES string of the molecule is CS[Si](SC)SC. The molecule has 0 rings (SSSR count). The first-order valence-electron chi connectivity index (χ1n) is 1.84. The molecule has 43 valence electrons. The summed E-state index contributed by atoms with van der Waals surface area (Å²) in [6.07, 6.45) is 6.43. The van der Waals surface area contributed by atoms with Gasteiger partial charge < -0.3 is 0 Å². The van der Waals surface area contributed by atoms with E-state index in [2.05, 4.69) is 18.8 Å². The lowest BCUT2D eigenvalue weighted by Gasteiger charge is -2.00. The molecule has 0 fully saturated rings. The topological polar surface area (TPSA) is 0 Å². The van der Waals surface area contributed by atoms with Crippen LogP contribution in [-0.2, 0) is 0 Å². The molecule has 0 unspecified atom stereocenters. The van der Waals surface area contributed by atoms with E-state index in [9.17, 15) is 0 Å². The van der Waals surface area contributed by atoms with Crippen LogP contribution in [0.1, 0.15) is 0 Å². The summed E-state index contributed by atoms with van der Waals surface area (Å²) in [7, 11) is 0. The van der Waals surface area contributed by atoms with Crippen LogP contribution in [0.4, 0.5) is 0 Å². The Morgan fingerprint density at radius 2 is 1.14 bits per heavy atom. The predicted octanol–water partition coefficient (Wildman–Crippen LogP) is 2.06. The summed E-state index contributed by atoms with van der Waals surface area (Å²) in [5, 5.41) is 0. The van der Waals surface area contributed by atoms with Gasteiger partial charge in [0.1, 0.15) is 0 Å². The van der Waals surface area contributed by atoms with E-state index in [1.807, 2.05) is 33.6 Å². The third-order valence-electron chi connectivity index (χ3n) is 0.500. The zero-order chi connectivity index (χ0) is 5.70. The zero-order valence-electron chi connectivity index (χ0n) is 4.72. The Morgan fingerprint density at radius 1 is 0.857 bits per heavy atom. The van der Waals surface area contributed by atoms with E-state index >= 15 is 0 Å². The summed E-state index contributed by atoms with van der Waals surface area (Å²) >= 11 is 5.99. The molecule has 0 aliphatic carbocycles. The fraction of sp³-hybridized carbons (Fsp3) is 1.00. The second kappa shape index (κ2) is 5.40. The van der Waals surface area contributed by atoms with Crippen LogP contribution in [0.3, 0.4) is 0 Å². The molecule has 0 aliphatic rings. The van der Waals surface area contributed by atoms with Crippen molar-refractivity contribution < 1.29 is 0 Å². The molecular weight excluding hydrogens is 160 g/mol. The second-order valence-electron chi connectivity index (χ2n) is 0.862. The molecule has 0 bridgehead atoms. The molecule has 0 saturated carbocycles. The van der Waals surface area contributed by atoms with Crippen LogP contribution in [0.25, 0.3) is 0 Å². The van der Waals surface area contributed by atoms with E-state index in [0.29, 0.717) is 0 Å². The third-order valence-corrected chi connectivity index (χ3v) is 13.5. The molecule has 0 nitrogen and oxygen atoms in total. The van der Waals surface area contributed by atoms with Crippen LogP contribution in [-0.4, -0.2) is 25.0 Å². The zero-order valence-corrected chi connectivity index (χ0v) is 8.17. The fourth-order valence-electron chi connectivity index (χ4n) is 0.250. The molecule has 0 amide bonds. The van der Waals surface area contributed by atoms with E-state index in [0.717, 1.165) is 0 Å². The largest absolute Gasteiger partial charge is 0.259 e. The highest BCUT2D eigenvalue weighted by Crippen LogP contribution is 2.22. The van der Waals surface area contributed by atoms with Gasteiger partial charge in [-0.25, -0.2) is 0 Å². The Hall–Kier alpha value is 1.27. The van der Waals surface area contributed by atoms with Crippen LogP contribution in [0.15, 0.2) is 0 Å². The lowest BCUT2D eigenvalue weighted by molar-refractivity contribution is 2.51. The van der Waals surface area contributed by atoms with Gasteiger partial charge in [0, 0.05) is 0 Å². The van der Waals surface area contributed by atoms with E-state index in [-0.39, 0.29) is 6.25 Å². The van der Waals surface area contributed by atoms with Crippen molar-refractivity contribution in [2.75, 3.05) is 18.8 Å². The maximum absolute atomic E-state index is 2.18. The molecular formula is C3H9S3Si. The average Bonchev–Trinajstić information content (AvgIpc) is 1.72. The molecule has 0 saturated heterocycles. The van der Waals surface area contributed by atoms with Crippen LogP contribution in [0.2, 0.25) is 0 Å². The van der Waals surface area contributed by atoms with Gasteiger partial charge in [-0.05, 0) is 18.8 Å². The summed E-state index contributed by atoms with van der Waals surface area (Å²) in [5.41, 5.74) is 0. The van der Waals surface area contributed by atoms with Gasteiger partial charge in [0.15, 0.2) is 0 Å². The van der Waals surface area contributed by atoms with Crippen molar-refractivity contribution in [3.8, 4) is 0 Å². The highest BCUT2D eigenvalue weighted by Gasteiger charge is 2.03. The monoisotopic (exact) mass is 169 g/mol. The summed E-state index contributed by atoms with van der Waals surface area (Å²) in [6.45, 7) is 0. The molecule has 7 heavy (non-hydrogen) atoms. The maximum Gasteiger partial charge on any atom is 0.259 e. The van der Waals surface area contributed by atoms with Gasteiger partial charge in [0.2, 0.25) is 0 Å². The summed E-state index contributed by atoms with van der Waals surface area (Å²) in [6, 6.07) is 0. The van der Waals surface area contributed by atoms with Gasteiger partial charge in [-0.1, -0.05) is 0 Å². The fourth-order valence-corrected chi connectivity index (χ4v) is 6.75. The van der Waals surface area contributed by atoms with Crippen molar-refractivity contribution in [3.63, 3.8) is 0 Å². The third kappa shape index (κ3) is 3.82. The van der Waals surface area contributed by atoms with Gasteiger partial charge in [0.05, 0.1) is 0 Å². The lowest BCUT2D eigenvalue weighted by Crippen LogP contribution is -1.91. The first-order chi connectivity index (χ1) is 3.35. The van der Waals surface area contributed by atoms with Gasteiger partial charge in [-0.3, -0.25) is 0 Å². The summed E-state index contributed by atoms with van der Waals surface area (Å²) in [5.74, 6) is 0. The van der Waals surface area contributed by atoms with Gasteiger partial charge in [-0.2, -0.15) is 33.6 Å². The number of hydrogen-bond donors (Lipinski definition) is 0. The highest BCUT2D eigenvalue weighted by molar-refractivity contribution is 8.76. The first kappa shape index (κ1) is 8.27. The highest BCUT2D eigenvalue weighted by atomic mass is 32.8. The molecule has 1 radical (unpaired) electrons. The first-order valence-corrected chi connectivity index (χ1v) is 9.19. The molecule has 4 heteroatoms. The smallest absolute Gasteiger partial charge is 0.166 e. The molecule has 0 spiro atoms. The summed E-state index contributed by atoms with van der Waals surface area (Å²) < 4.78 is 0. The lowest BCUT2D eigenvalue weighted by atomic mass is 12.0. The van der Waals surface area contributed by atoms with E-state index in [4.69, 9.17) is 0 Å². The van der Waals surface area contributed by atoms with Crippen LogP contribution in [0.5, 0.6) is 0 Å². The standard InChI is InChI=1S/C3H9S3Si/c1-4-7(5-2)6-3/h1-3H3. The minimum atomic E-state index is -0.113. The molecule has 0 atom stereocenters. The Kier molecular flexibility index (Phi) is 6.38. The predicted molar refractivity (Wildman–Crippen MR) is 46.3 cm³/mol. The van der Waals surface area contributed by atoms with E-state index < -0.39 is 0 Å². The van der Waals surface area contributed by atoms with Crippen molar-refractivity contribution in [2.45, 2.75) is 0 Å². The van der Waals surface area contributed by atoms with Crippen molar-refractivity contribution in [3.05, 3.63) is 0 Å². The van der Waals surface area contributed by atoms with Gasteiger partial charge >= 0.3 is 0 Å². The quantitative estimate of drug-likeness (QED) is 0.594. The van der Waals surface area contributed by atoms with Gasteiger partial charge in [0.25, 0.3) is 6.25 Å². The van der Waals surface area contributed by atoms with E-state index in [1.165, 1.54) is 0 Å². The van der Waals surface area contributed by atoms with Crippen LogP contribution in [0, 0.1) is 0 Å². The van der Waals surface area contributed by atoms with Crippen LogP contribution < -0.4 is 0 Å². The molecule has 0 aromatic carbocycles. The minimum Gasteiger partial charge on any atom is -0.166 e. The van der Waals surface area contributed by atoms with Crippen molar-refractivity contribution >= 4 is 39.9 Å².